The van der Waals surface area contributed by atoms with Gasteiger partial charge in [-0.25, -0.2) is 21.6 Å². The fourth-order valence-electron chi connectivity index (χ4n) is 0.845. The molecular formula is C8H15NO4S2. The summed E-state index contributed by atoms with van der Waals surface area (Å²) in [5.74, 6) is 1.50. The number of sulfonamides is 1. The molecule has 0 aromatic heterocycles. The zero-order valence-corrected chi connectivity index (χ0v) is 10.4. The molecule has 88 valence electrons. The Balaban J connectivity index is 4.28. The van der Waals surface area contributed by atoms with Gasteiger partial charge in [-0.3, -0.25) is 0 Å². The highest BCUT2D eigenvalue weighted by atomic mass is 32.2. The first-order valence-electron chi connectivity index (χ1n) is 4.27. The number of sulfone groups is 1. The maximum absolute atomic E-state index is 11.3. The van der Waals surface area contributed by atoms with Crippen molar-refractivity contribution in [2.75, 3.05) is 17.8 Å². The third kappa shape index (κ3) is 8.42. The van der Waals surface area contributed by atoms with E-state index in [2.05, 4.69) is 10.6 Å². The molecule has 0 bridgehead atoms. The summed E-state index contributed by atoms with van der Waals surface area (Å²) < 4.78 is 46.5. The van der Waals surface area contributed by atoms with Crippen LogP contribution in [0.15, 0.2) is 0 Å². The van der Waals surface area contributed by atoms with E-state index >= 15 is 0 Å². The monoisotopic (exact) mass is 253 g/mol. The third-order valence-electron chi connectivity index (χ3n) is 1.53. The average molecular weight is 253 g/mol. The SMILES string of the molecule is C#CCC(C)NS(=O)(=O)CCS(C)(=O)=O. The number of rotatable bonds is 6. The van der Waals surface area contributed by atoms with Gasteiger partial charge in [-0.2, -0.15) is 0 Å². The zero-order valence-electron chi connectivity index (χ0n) is 8.73. The van der Waals surface area contributed by atoms with Crippen molar-refractivity contribution >= 4 is 19.9 Å². The van der Waals surface area contributed by atoms with Gasteiger partial charge in [0.25, 0.3) is 0 Å². The molecule has 0 heterocycles. The molecule has 7 heteroatoms. The normalized spacial score (nSPS) is 14.5. The number of hydrogen-bond donors (Lipinski definition) is 1. The van der Waals surface area contributed by atoms with E-state index < -0.39 is 25.6 Å². The lowest BCUT2D eigenvalue weighted by Crippen LogP contribution is -2.35. The molecule has 1 unspecified atom stereocenters. The van der Waals surface area contributed by atoms with Crippen LogP contribution in [0, 0.1) is 12.3 Å². The lowest BCUT2D eigenvalue weighted by molar-refractivity contribution is 0.563. The summed E-state index contributed by atoms with van der Waals surface area (Å²) >= 11 is 0. The van der Waals surface area contributed by atoms with Gasteiger partial charge in [-0.05, 0) is 6.92 Å². The first-order valence-corrected chi connectivity index (χ1v) is 7.99. The van der Waals surface area contributed by atoms with Crippen molar-refractivity contribution < 1.29 is 16.8 Å². The number of nitrogens with one attached hydrogen (secondary N) is 1. The molecule has 0 radical (unpaired) electrons. The Bertz CT molecular complexity index is 430. The highest BCUT2D eigenvalue weighted by molar-refractivity contribution is 7.93. The van der Waals surface area contributed by atoms with E-state index in [1.54, 1.807) is 6.92 Å². The minimum absolute atomic E-state index is 0.276. The Morgan fingerprint density at radius 2 is 1.80 bits per heavy atom. The summed E-state index contributed by atoms with van der Waals surface area (Å²) in [6, 6.07) is -0.375. The zero-order chi connectivity index (χ0) is 12.1. The fraction of sp³-hybridized carbons (Fsp3) is 0.750. The maximum Gasteiger partial charge on any atom is 0.212 e. The molecule has 1 N–H and O–H groups in total. The lowest BCUT2D eigenvalue weighted by Gasteiger charge is -2.10. The lowest BCUT2D eigenvalue weighted by atomic mass is 10.3. The second-order valence-electron chi connectivity index (χ2n) is 3.38. The van der Waals surface area contributed by atoms with Crippen molar-refractivity contribution in [3.63, 3.8) is 0 Å². The van der Waals surface area contributed by atoms with Gasteiger partial charge in [0.2, 0.25) is 10.0 Å². The predicted molar refractivity (Wildman–Crippen MR) is 59.5 cm³/mol. The van der Waals surface area contributed by atoms with Gasteiger partial charge >= 0.3 is 0 Å². The highest BCUT2D eigenvalue weighted by Crippen LogP contribution is 1.95. The second kappa shape index (κ2) is 5.49. The Morgan fingerprint density at radius 3 is 2.20 bits per heavy atom. The molecule has 0 aliphatic rings. The summed E-state index contributed by atoms with van der Waals surface area (Å²) in [7, 11) is -6.83. The van der Waals surface area contributed by atoms with E-state index in [1.165, 1.54) is 0 Å². The van der Waals surface area contributed by atoms with Gasteiger partial charge in [-0.1, -0.05) is 0 Å². The first kappa shape index (κ1) is 14.4. The van der Waals surface area contributed by atoms with Gasteiger partial charge in [0.05, 0.1) is 11.5 Å². The van der Waals surface area contributed by atoms with Crippen molar-refractivity contribution in [2.45, 2.75) is 19.4 Å². The minimum atomic E-state index is -3.56. The molecule has 0 spiro atoms. The van der Waals surface area contributed by atoms with Gasteiger partial charge in [0, 0.05) is 18.7 Å². The van der Waals surface area contributed by atoms with Crippen LogP contribution in [0.25, 0.3) is 0 Å². The molecule has 0 aliphatic heterocycles. The van der Waals surface area contributed by atoms with Gasteiger partial charge in [0.15, 0.2) is 0 Å². The van der Waals surface area contributed by atoms with Crippen LogP contribution in [0.3, 0.4) is 0 Å². The molecule has 0 saturated carbocycles. The standard InChI is InChI=1S/C8H15NO4S2/c1-4-5-8(2)9-15(12,13)7-6-14(3,10)11/h1,8-9H,5-7H2,2-3H3. The van der Waals surface area contributed by atoms with Gasteiger partial charge in [-0.15, -0.1) is 12.3 Å². The van der Waals surface area contributed by atoms with E-state index in [1.807, 2.05) is 0 Å². The number of hydrogen-bond acceptors (Lipinski definition) is 4. The average Bonchev–Trinajstić information content (AvgIpc) is 1.99. The van der Waals surface area contributed by atoms with Crippen LogP contribution in [-0.2, 0) is 19.9 Å². The van der Waals surface area contributed by atoms with Crippen molar-refractivity contribution in [1.82, 2.24) is 4.72 Å². The van der Waals surface area contributed by atoms with Crippen molar-refractivity contribution in [2.24, 2.45) is 0 Å². The van der Waals surface area contributed by atoms with E-state index in [9.17, 15) is 16.8 Å². The van der Waals surface area contributed by atoms with E-state index in [0.717, 1.165) is 6.26 Å². The Morgan fingerprint density at radius 1 is 1.27 bits per heavy atom. The van der Waals surface area contributed by atoms with Crippen LogP contribution in [0.4, 0.5) is 0 Å². The van der Waals surface area contributed by atoms with Crippen LogP contribution >= 0.6 is 0 Å². The molecule has 0 fully saturated rings. The van der Waals surface area contributed by atoms with Gasteiger partial charge < -0.3 is 0 Å². The highest BCUT2D eigenvalue weighted by Gasteiger charge is 2.16. The molecule has 0 aromatic rings. The molecular weight excluding hydrogens is 238 g/mol. The van der Waals surface area contributed by atoms with E-state index in [-0.39, 0.29) is 18.2 Å². The smallest absolute Gasteiger partial charge is 0.212 e. The molecule has 0 rings (SSSR count). The summed E-state index contributed by atoms with van der Waals surface area (Å²) in [4.78, 5) is 0. The van der Waals surface area contributed by atoms with E-state index in [4.69, 9.17) is 6.42 Å². The Hall–Kier alpha value is -0.580. The van der Waals surface area contributed by atoms with Crippen LogP contribution in [0.1, 0.15) is 13.3 Å². The quantitative estimate of drug-likeness (QED) is 0.639. The summed E-state index contributed by atoms with van der Waals surface area (Å²) in [6.45, 7) is 1.62. The third-order valence-corrected chi connectivity index (χ3v) is 4.23. The summed E-state index contributed by atoms with van der Waals surface area (Å²) in [6.07, 6.45) is 6.28. The molecule has 5 nitrogen and oxygen atoms in total. The minimum Gasteiger partial charge on any atom is -0.229 e. The summed E-state index contributed by atoms with van der Waals surface area (Å²) in [5, 5.41) is 0. The summed E-state index contributed by atoms with van der Waals surface area (Å²) in [5.41, 5.74) is 0. The van der Waals surface area contributed by atoms with E-state index in [0.29, 0.717) is 0 Å². The molecule has 0 aromatic carbocycles. The molecule has 0 aliphatic carbocycles. The first-order chi connectivity index (χ1) is 6.66. The Kier molecular flexibility index (Phi) is 5.28. The maximum atomic E-state index is 11.3. The Labute approximate surface area is 91.2 Å². The predicted octanol–water partition coefficient (Wildman–Crippen LogP) is -0.638. The fourth-order valence-corrected chi connectivity index (χ4v) is 3.75. The largest absolute Gasteiger partial charge is 0.229 e. The molecule has 0 amide bonds. The van der Waals surface area contributed by atoms with Crippen LogP contribution in [0.5, 0.6) is 0 Å². The van der Waals surface area contributed by atoms with Crippen LogP contribution in [0.2, 0.25) is 0 Å². The topological polar surface area (TPSA) is 80.3 Å². The van der Waals surface area contributed by atoms with Crippen molar-refractivity contribution in [1.29, 1.82) is 0 Å². The molecule has 1 atom stereocenters. The number of terminal acetylenes is 1. The second-order valence-corrected chi connectivity index (χ2v) is 7.51. The van der Waals surface area contributed by atoms with Crippen LogP contribution in [-0.4, -0.2) is 40.6 Å². The molecule has 0 saturated heterocycles. The van der Waals surface area contributed by atoms with Crippen molar-refractivity contribution in [3.8, 4) is 12.3 Å². The van der Waals surface area contributed by atoms with Crippen molar-refractivity contribution in [3.05, 3.63) is 0 Å². The molecule has 15 heavy (non-hydrogen) atoms. The van der Waals surface area contributed by atoms with Gasteiger partial charge in [0.1, 0.15) is 9.84 Å². The van der Waals surface area contributed by atoms with Crippen LogP contribution < -0.4 is 4.72 Å².